The Kier molecular flexibility index (Phi) is 5.53. The monoisotopic (exact) mass is 264 g/mol. The normalized spacial score (nSPS) is 9.74. The van der Waals surface area contributed by atoms with Gasteiger partial charge in [-0.15, -0.1) is 0 Å². The van der Waals surface area contributed by atoms with Gasteiger partial charge in [-0.25, -0.2) is 4.79 Å². The Bertz CT molecular complexity index is 468. The van der Waals surface area contributed by atoms with Crippen molar-refractivity contribution < 1.29 is 19.5 Å². The maximum atomic E-state index is 11.7. The summed E-state index contributed by atoms with van der Waals surface area (Å²) in [4.78, 5) is 33.6. The van der Waals surface area contributed by atoms with Crippen LogP contribution in [-0.2, 0) is 4.79 Å². The number of rotatable bonds is 6. The number of nitrogens with one attached hydrogen (secondary N) is 2. The molecular formula is C13H16N2O4. The van der Waals surface area contributed by atoms with E-state index < -0.39 is 11.9 Å². The Morgan fingerprint density at radius 2 is 1.63 bits per heavy atom. The zero-order valence-corrected chi connectivity index (χ0v) is 10.6. The standard InChI is InChI=1S/C13H16N2O4/c1-2-7-14-11(16)8-15-12(17)9-3-5-10(6-4-9)13(18)19/h3-6H,2,7-8H2,1H3,(H,14,16)(H,15,17)(H,18,19). The minimum atomic E-state index is -1.05. The van der Waals surface area contributed by atoms with Crippen molar-refractivity contribution in [2.45, 2.75) is 13.3 Å². The van der Waals surface area contributed by atoms with Crippen LogP contribution in [0.2, 0.25) is 0 Å². The number of carboxylic acids is 1. The van der Waals surface area contributed by atoms with E-state index in [4.69, 9.17) is 5.11 Å². The van der Waals surface area contributed by atoms with Crippen molar-refractivity contribution >= 4 is 17.8 Å². The second-order valence-corrected chi connectivity index (χ2v) is 3.92. The lowest BCUT2D eigenvalue weighted by atomic mass is 10.1. The number of benzene rings is 1. The van der Waals surface area contributed by atoms with Gasteiger partial charge in [-0.05, 0) is 30.7 Å². The fraction of sp³-hybridized carbons (Fsp3) is 0.308. The van der Waals surface area contributed by atoms with E-state index in [-0.39, 0.29) is 18.0 Å². The lowest BCUT2D eigenvalue weighted by Gasteiger charge is -2.06. The van der Waals surface area contributed by atoms with Gasteiger partial charge in [0.15, 0.2) is 0 Å². The summed E-state index contributed by atoms with van der Waals surface area (Å²) in [6.07, 6.45) is 0.830. The Balaban J connectivity index is 2.49. The van der Waals surface area contributed by atoms with Gasteiger partial charge in [0, 0.05) is 12.1 Å². The molecule has 6 nitrogen and oxygen atoms in total. The molecule has 1 aromatic carbocycles. The summed E-state index contributed by atoms with van der Waals surface area (Å²) >= 11 is 0. The molecular weight excluding hydrogens is 248 g/mol. The van der Waals surface area contributed by atoms with Gasteiger partial charge in [-0.1, -0.05) is 6.92 Å². The molecule has 0 heterocycles. The minimum Gasteiger partial charge on any atom is -0.478 e. The van der Waals surface area contributed by atoms with Crippen LogP contribution in [0.15, 0.2) is 24.3 Å². The number of amides is 2. The van der Waals surface area contributed by atoms with Crippen LogP contribution in [0.3, 0.4) is 0 Å². The van der Waals surface area contributed by atoms with Crippen LogP contribution in [0, 0.1) is 0 Å². The molecule has 0 bridgehead atoms. The van der Waals surface area contributed by atoms with Gasteiger partial charge < -0.3 is 15.7 Å². The number of carboxylic acid groups (broad SMARTS) is 1. The number of carbonyl (C=O) groups excluding carboxylic acids is 2. The fourth-order valence-corrected chi connectivity index (χ4v) is 1.35. The molecule has 0 atom stereocenters. The van der Waals surface area contributed by atoms with Crippen molar-refractivity contribution in [2.24, 2.45) is 0 Å². The van der Waals surface area contributed by atoms with E-state index in [1.54, 1.807) is 0 Å². The third kappa shape index (κ3) is 4.79. The van der Waals surface area contributed by atoms with Gasteiger partial charge in [0.25, 0.3) is 5.91 Å². The molecule has 0 aliphatic carbocycles. The fourth-order valence-electron chi connectivity index (χ4n) is 1.35. The van der Waals surface area contributed by atoms with Gasteiger partial charge in [-0.3, -0.25) is 9.59 Å². The third-order valence-corrected chi connectivity index (χ3v) is 2.38. The minimum absolute atomic E-state index is 0.0977. The van der Waals surface area contributed by atoms with E-state index in [2.05, 4.69) is 10.6 Å². The Labute approximate surface area is 110 Å². The average molecular weight is 264 g/mol. The highest BCUT2D eigenvalue weighted by atomic mass is 16.4. The topological polar surface area (TPSA) is 95.5 Å². The SMILES string of the molecule is CCCNC(=O)CNC(=O)c1ccc(C(=O)O)cc1. The Morgan fingerprint density at radius 1 is 1.05 bits per heavy atom. The van der Waals surface area contributed by atoms with Crippen molar-refractivity contribution in [3.63, 3.8) is 0 Å². The molecule has 3 N–H and O–H groups in total. The third-order valence-electron chi connectivity index (χ3n) is 2.38. The van der Waals surface area contributed by atoms with Crippen molar-refractivity contribution in [1.29, 1.82) is 0 Å². The molecule has 19 heavy (non-hydrogen) atoms. The van der Waals surface area contributed by atoms with E-state index in [0.717, 1.165) is 6.42 Å². The zero-order valence-electron chi connectivity index (χ0n) is 10.6. The molecule has 0 fully saturated rings. The number of aromatic carboxylic acids is 1. The predicted octanol–water partition coefficient (Wildman–Crippen LogP) is 0.641. The molecule has 1 rings (SSSR count). The van der Waals surface area contributed by atoms with Crippen LogP contribution in [-0.4, -0.2) is 36.0 Å². The first-order chi connectivity index (χ1) is 9.04. The first-order valence-corrected chi connectivity index (χ1v) is 5.93. The number of carbonyl (C=O) groups is 3. The molecule has 0 saturated heterocycles. The second-order valence-electron chi connectivity index (χ2n) is 3.92. The van der Waals surface area contributed by atoms with Gasteiger partial charge in [0.1, 0.15) is 0 Å². The number of hydrogen-bond acceptors (Lipinski definition) is 3. The van der Waals surface area contributed by atoms with Crippen molar-refractivity contribution in [3.8, 4) is 0 Å². The zero-order chi connectivity index (χ0) is 14.3. The van der Waals surface area contributed by atoms with Crippen molar-refractivity contribution in [2.75, 3.05) is 13.1 Å². The Morgan fingerprint density at radius 3 is 2.16 bits per heavy atom. The molecule has 0 radical (unpaired) electrons. The molecule has 0 saturated carbocycles. The quantitative estimate of drug-likeness (QED) is 0.702. The molecule has 0 spiro atoms. The van der Waals surface area contributed by atoms with E-state index in [9.17, 15) is 14.4 Å². The van der Waals surface area contributed by atoms with E-state index in [1.165, 1.54) is 24.3 Å². The predicted molar refractivity (Wildman–Crippen MR) is 69.0 cm³/mol. The lowest BCUT2D eigenvalue weighted by Crippen LogP contribution is -2.37. The van der Waals surface area contributed by atoms with Gasteiger partial charge in [0.05, 0.1) is 12.1 Å². The molecule has 1 aromatic rings. The summed E-state index contributed by atoms with van der Waals surface area (Å²) in [5.74, 6) is -1.72. The van der Waals surface area contributed by atoms with Crippen molar-refractivity contribution in [1.82, 2.24) is 10.6 Å². The molecule has 0 aliphatic rings. The van der Waals surface area contributed by atoms with E-state index in [0.29, 0.717) is 12.1 Å². The Hall–Kier alpha value is -2.37. The summed E-state index contributed by atoms with van der Waals surface area (Å²) in [5.41, 5.74) is 0.422. The molecule has 2 amide bonds. The van der Waals surface area contributed by atoms with Crippen LogP contribution in [0.25, 0.3) is 0 Å². The lowest BCUT2D eigenvalue weighted by molar-refractivity contribution is -0.120. The maximum absolute atomic E-state index is 11.7. The number of hydrogen-bond donors (Lipinski definition) is 3. The van der Waals surface area contributed by atoms with E-state index >= 15 is 0 Å². The summed E-state index contributed by atoms with van der Waals surface area (Å²) in [7, 11) is 0. The summed E-state index contributed by atoms with van der Waals surface area (Å²) in [6, 6.07) is 5.49. The van der Waals surface area contributed by atoms with Crippen LogP contribution in [0.5, 0.6) is 0 Å². The highest BCUT2D eigenvalue weighted by Crippen LogP contribution is 2.04. The highest BCUT2D eigenvalue weighted by molar-refractivity contribution is 5.97. The summed E-state index contributed by atoms with van der Waals surface area (Å²) < 4.78 is 0. The molecule has 0 aromatic heterocycles. The smallest absolute Gasteiger partial charge is 0.335 e. The van der Waals surface area contributed by atoms with Gasteiger partial charge in [-0.2, -0.15) is 0 Å². The largest absolute Gasteiger partial charge is 0.478 e. The van der Waals surface area contributed by atoms with Crippen LogP contribution in [0.1, 0.15) is 34.1 Å². The molecule has 0 aliphatic heterocycles. The summed E-state index contributed by atoms with van der Waals surface area (Å²) in [6.45, 7) is 2.41. The van der Waals surface area contributed by atoms with Crippen molar-refractivity contribution in [3.05, 3.63) is 35.4 Å². The van der Waals surface area contributed by atoms with Crippen LogP contribution >= 0.6 is 0 Å². The molecule has 6 heteroatoms. The highest BCUT2D eigenvalue weighted by Gasteiger charge is 2.09. The second kappa shape index (κ2) is 7.15. The van der Waals surface area contributed by atoms with Gasteiger partial charge in [0.2, 0.25) is 5.91 Å². The molecule has 102 valence electrons. The maximum Gasteiger partial charge on any atom is 0.335 e. The van der Waals surface area contributed by atoms with Crippen LogP contribution in [0.4, 0.5) is 0 Å². The average Bonchev–Trinajstić information content (AvgIpc) is 2.42. The first-order valence-electron chi connectivity index (χ1n) is 5.93. The molecule has 0 unspecified atom stereocenters. The van der Waals surface area contributed by atoms with E-state index in [1.807, 2.05) is 6.92 Å². The summed E-state index contributed by atoms with van der Waals surface area (Å²) in [5, 5.41) is 13.8. The van der Waals surface area contributed by atoms with Gasteiger partial charge >= 0.3 is 5.97 Å². The van der Waals surface area contributed by atoms with Crippen LogP contribution < -0.4 is 10.6 Å². The first kappa shape index (κ1) is 14.7.